The zero-order chi connectivity index (χ0) is 14.5. The summed E-state index contributed by atoms with van der Waals surface area (Å²) in [6.45, 7) is 1.38. The topological polar surface area (TPSA) is 56.7 Å². The summed E-state index contributed by atoms with van der Waals surface area (Å²) in [6.07, 6.45) is 8.31. The van der Waals surface area contributed by atoms with Crippen molar-refractivity contribution < 1.29 is 0 Å². The molecule has 0 radical (unpaired) electrons. The van der Waals surface area contributed by atoms with E-state index in [0.29, 0.717) is 6.54 Å². The summed E-state index contributed by atoms with van der Waals surface area (Å²) in [5.41, 5.74) is 9.31. The maximum atomic E-state index is 5.70. The van der Waals surface area contributed by atoms with Crippen LogP contribution in [0, 0.1) is 0 Å². The van der Waals surface area contributed by atoms with Crippen LogP contribution in [0.2, 0.25) is 0 Å². The summed E-state index contributed by atoms with van der Waals surface area (Å²) in [6, 6.07) is 12.4. The smallest absolute Gasteiger partial charge is 0.113 e. The van der Waals surface area contributed by atoms with Crippen molar-refractivity contribution in [3.8, 4) is 0 Å². The molecule has 0 aliphatic carbocycles. The fourth-order valence-electron chi connectivity index (χ4n) is 2.39. The Kier molecular flexibility index (Phi) is 4.07. The van der Waals surface area contributed by atoms with E-state index in [0.717, 1.165) is 24.4 Å². The van der Waals surface area contributed by atoms with Crippen LogP contribution < -0.4 is 5.73 Å². The van der Waals surface area contributed by atoms with E-state index in [4.69, 9.17) is 5.73 Å². The predicted octanol–water partition coefficient (Wildman–Crippen LogP) is 2.38. The lowest BCUT2D eigenvalue weighted by Gasteiger charge is -2.09. The Labute approximate surface area is 124 Å². The van der Waals surface area contributed by atoms with Gasteiger partial charge < -0.3 is 10.3 Å². The van der Waals surface area contributed by atoms with E-state index in [2.05, 4.69) is 38.8 Å². The molecule has 0 bridgehead atoms. The van der Waals surface area contributed by atoms with Crippen molar-refractivity contribution in [2.75, 3.05) is 0 Å². The highest BCUT2D eigenvalue weighted by molar-refractivity contribution is 5.24. The van der Waals surface area contributed by atoms with Crippen molar-refractivity contribution in [1.29, 1.82) is 0 Å². The minimum Gasteiger partial charge on any atom is -0.330 e. The normalized spacial score (nSPS) is 10.7. The largest absolute Gasteiger partial charge is 0.330 e. The monoisotopic (exact) mass is 278 g/mol. The molecule has 0 aliphatic rings. The summed E-state index contributed by atoms with van der Waals surface area (Å²) in [4.78, 5) is 8.51. The van der Waals surface area contributed by atoms with Crippen LogP contribution in [0.15, 0.2) is 61.2 Å². The number of hydrogen-bond donors (Lipinski definition) is 1. The summed E-state index contributed by atoms with van der Waals surface area (Å²) in [7, 11) is 0. The second-order valence-electron chi connectivity index (χ2n) is 5.03. The molecule has 0 amide bonds. The van der Waals surface area contributed by atoms with Crippen LogP contribution in [0.25, 0.3) is 0 Å². The highest BCUT2D eigenvalue weighted by atomic mass is 15.1. The molecule has 0 spiro atoms. The molecule has 2 N–H and O–H groups in total. The Morgan fingerprint density at radius 2 is 1.76 bits per heavy atom. The van der Waals surface area contributed by atoms with E-state index in [1.54, 1.807) is 0 Å². The first-order chi connectivity index (χ1) is 10.3. The molecule has 1 aromatic carbocycles. The van der Waals surface area contributed by atoms with Gasteiger partial charge in [0.25, 0.3) is 0 Å². The lowest BCUT2D eigenvalue weighted by atomic mass is 10.1. The highest BCUT2D eigenvalue weighted by Crippen LogP contribution is 2.11. The maximum Gasteiger partial charge on any atom is 0.113 e. The number of benzene rings is 1. The van der Waals surface area contributed by atoms with E-state index in [9.17, 15) is 0 Å². The molecule has 21 heavy (non-hydrogen) atoms. The number of imidazole rings is 1. The molecule has 0 aliphatic heterocycles. The molecule has 3 aromatic rings. The molecule has 0 atom stereocenters. The standard InChI is InChI=1S/C17H18N4/c18-12-15-2-1-3-16(10-15)13-21-9-8-20-17(21)11-14-4-6-19-7-5-14/h1-10H,11-13,18H2. The maximum absolute atomic E-state index is 5.70. The zero-order valence-electron chi connectivity index (χ0n) is 11.8. The third-order valence-electron chi connectivity index (χ3n) is 3.49. The molecule has 2 aromatic heterocycles. The van der Waals surface area contributed by atoms with Crippen LogP contribution in [0.3, 0.4) is 0 Å². The van der Waals surface area contributed by atoms with E-state index >= 15 is 0 Å². The van der Waals surface area contributed by atoms with Crippen molar-refractivity contribution in [1.82, 2.24) is 14.5 Å². The van der Waals surface area contributed by atoms with E-state index in [1.165, 1.54) is 11.1 Å². The minimum atomic E-state index is 0.571. The van der Waals surface area contributed by atoms with Gasteiger partial charge in [0.05, 0.1) is 0 Å². The van der Waals surface area contributed by atoms with Crippen LogP contribution in [0.4, 0.5) is 0 Å². The van der Waals surface area contributed by atoms with Crippen molar-refractivity contribution in [2.24, 2.45) is 5.73 Å². The fourth-order valence-corrected chi connectivity index (χ4v) is 2.39. The Bertz CT molecular complexity index is 704. The van der Waals surface area contributed by atoms with Crippen LogP contribution in [0.5, 0.6) is 0 Å². The van der Waals surface area contributed by atoms with Gasteiger partial charge in [0.2, 0.25) is 0 Å². The van der Waals surface area contributed by atoms with Gasteiger partial charge >= 0.3 is 0 Å². The van der Waals surface area contributed by atoms with Gasteiger partial charge in [0.15, 0.2) is 0 Å². The SMILES string of the molecule is NCc1cccc(Cn2ccnc2Cc2ccncc2)c1. The second-order valence-corrected chi connectivity index (χ2v) is 5.03. The lowest BCUT2D eigenvalue weighted by molar-refractivity contribution is 0.739. The molecule has 4 nitrogen and oxygen atoms in total. The lowest BCUT2D eigenvalue weighted by Crippen LogP contribution is -2.06. The van der Waals surface area contributed by atoms with Gasteiger partial charge in [-0.05, 0) is 28.8 Å². The van der Waals surface area contributed by atoms with Gasteiger partial charge in [-0.2, -0.15) is 0 Å². The summed E-state index contributed by atoms with van der Waals surface area (Å²) in [5.74, 6) is 1.05. The van der Waals surface area contributed by atoms with Crippen LogP contribution in [-0.2, 0) is 19.5 Å². The number of pyridine rings is 1. The first kappa shape index (κ1) is 13.5. The first-order valence-electron chi connectivity index (χ1n) is 7.02. The van der Waals surface area contributed by atoms with Crippen molar-refractivity contribution in [3.63, 3.8) is 0 Å². The second kappa shape index (κ2) is 6.33. The Morgan fingerprint density at radius 3 is 2.57 bits per heavy atom. The third kappa shape index (κ3) is 3.35. The fraction of sp³-hybridized carbons (Fsp3) is 0.176. The van der Waals surface area contributed by atoms with Crippen LogP contribution in [-0.4, -0.2) is 14.5 Å². The van der Waals surface area contributed by atoms with Crippen LogP contribution >= 0.6 is 0 Å². The summed E-state index contributed by atoms with van der Waals surface area (Å²) in [5, 5.41) is 0. The average molecular weight is 278 g/mol. The van der Waals surface area contributed by atoms with Gasteiger partial charge in [0, 0.05) is 44.3 Å². The Morgan fingerprint density at radius 1 is 0.952 bits per heavy atom. The molecular formula is C17H18N4. The molecule has 2 heterocycles. The first-order valence-corrected chi connectivity index (χ1v) is 7.02. The van der Waals surface area contributed by atoms with Crippen molar-refractivity contribution in [2.45, 2.75) is 19.5 Å². The van der Waals surface area contributed by atoms with E-state index in [-0.39, 0.29) is 0 Å². The van der Waals surface area contributed by atoms with E-state index in [1.807, 2.05) is 36.9 Å². The third-order valence-corrected chi connectivity index (χ3v) is 3.49. The minimum absolute atomic E-state index is 0.571. The van der Waals surface area contributed by atoms with Gasteiger partial charge in [-0.3, -0.25) is 4.98 Å². The molecule has 4 heteroatoms. The van der Waals surface area contributed by atoms with E-state index < -0.39 is 0 Å². The number of rotatable bonds is 5. The Balaban J connectivity index is 1.79. The van der Waals surface area contributed by atoms with Gasteiger partial charge in [-0.1, -0.05) is 24.3 Å². The van der Waals surface area contributed by atoms with Gasteiger partial charge in [-0.25, -0.2) is 4.98 Å². The number of nitrogens with zero attached hydrogens (tertiary/aromatic N) is 3. The highest BCUT2D eigenvalue weighted by Gasteiger charge is 2.05. The van der Waals surface area contributed by atoms with Gasteiger partial charge in [0.1, 0.15) is 5.82 Å². The van der Waals surface area contributed by atoms with Crippen LogP contribution in [0.1, 0.15) is 22.5 Å². The predicted molar refractivity (Wildman–Crippen MR) is 82.7 cm³/mol. The number of nitrogens with two attached hydrogens (primary N) is 1. The average Bonchev–Trinajstić information content (AvgIpc) is 2.95. The number of hydrogen-bond acceptors (Lipinski definition) is 3. The Hall–Kier alpha value is -2.46. The molecule has 0 saturated heterocycles. The summed E-state index contributed by atoms with van der Waals surface area (Å²) >= 11 is 0. The molecule has 106 valence electrons. The number of aromatic nitrogens is 3. The van der Waals surface area contributed by atoms with Crippen molar-refractivity contribution >= 4 is 0 Å². The molecule has 3 rings (SSSR count). The van der Waals surface area contributed by atoms with Gasteiger partial charge in [-0.15, -0.1) is 0 Å². The molecule has 0 saturated carbocycles. The molecular weight excluding hydrogens is 260 g/mol. The quantitative estimate of drug-likeness (QED) is 0.779. The molecule has 0 fully saturated rings. The zero-order valence-corrected chi connectivity index (χ0v) is 11.8. The van der Waals surface area contributed by atoms with Crippen molar-refractivity contribution in [3.05, 3.63) is 83.7 Å². The molecule has 0 unspecified atom stereocenters. The summed E-state index contributed by atoms with van der Waals surface area (Å²) < 4.78 is 2.18.